The van der Waals surface area contributed by atoms with Crippen molar-refractivity contribution in [1.29, 1.82) is 0 Å². The average Bonchev–Trinajstić information content (AvgIpc) is 2.66. The molecule has 2 aromatic rings. The third-order valence-corrected chi connectivity index (χ3v) is 4.89. The molecule has 1 heterocycles. The lowest BCUT2D eigenvalue weighted by molar-refractivity contribution is 0.441. The maximum Gasteiger partial charge on any atom is 0.110 e. The van der Waals surface area contributed by atoms with Gasteiger partial charge in [0.1, 0.15) is 5.82 Å². The second-order valence-electron chi connectivity index (χ2n) is 6.36. The number of aromatic nitrogens is 2. The van der Waals surface area contributed by atoms with Gasteiger partial charge in [-0.15, -0.1) is 0 Å². The highest BCUT2D eigenvalue weighted by atomic mass is 15.1. The lowest BCUT2D eigenvalue weighted by atomic mass is 9.96. The molecule has 0 radical (unpaired) electrons. The predicted molar refractivity (Wildman–Crippen MR) is 88.2 cm³/mol. The van der Waals surface area contributed by atoms with Crippen LogP contribution in [-0.4, -0.2) is 9.55 Å². The Hall–Kier alpha value is -1.35. The Morgan fingerprint density at radius 1 is 1.19 bits per heavy atom. The fourth-order valence-corrected chi connectivity index (χ4v) is 3.69. The zero-order valence-corrected chi connectivity index (χ0v) is 13.1. The first-order valence-corrected chi connectivity index (χ1v) is 8.50. The zero-order chi connectivity index (χ0) is 14.7. The third-order valence-electron chi connectivity index (χ3n) is 4.89. The number of benzene rings is 1. The van der Waals surface area contributed by atoms with Gasteiger partial charge in [0.05, 0.1) is 11.0 Å². The summed E-state index contributed by atoms with van der Waals surface area (Å²) in [6, 6.07) is 6.47. The molecule has 21 heavy (non-hydrogen) atoms. The van der Waals surface area contributed by atoms with E-state index in [-0.39, 0.29) is 0 Å². The highest BCUT2D eigenvalue weighted by molar-refractivity contribution is 5.77. The first-order chi connectivity index (χ1) is 10.3. The Morgan fingerprint density at radius 3 is 2.62 bits per heavy atom. The molecule has 114 valence electrons. The molecule has 0 amide bonds. The fourth-order valence-electron chi connectivity index (χ4n) is 3.69. The van der Waals surface area contributed by atoms with Crippen LogP contribution >= 0.6 is 0 Å². The molecule has 0 unspecified atom stereocenters. The molecule has 3 nitrogen and oxygen atoms in total. The molecule has 0 bridgehead atoms. The summed E-state index contributed by atoms with van der Waals surface area (Å²) in [5, 5.41) is 0. The minimum absolute atomic E-state index is 0.590. The lowest BCUT2D eigenvalue weighted by Gasteiger charge is -2.14. The Balaban J connectivity index is 1.89. The molecule has 3 rings (SSSR count). The number of rotatable bonds is 4. The number of hydrogen-bond acceptors (Lipinski definition) is 2. The van der Waals surface area contributed by atoms with Gasteiger partial charge in [-0.05, 0) is 30.5 Å². The summed E-state index contributed by atoms with van der Waals surface area (Å²) in [6.07, 6.45) is 9.52. The van der Waals surface area contributed by atoms with Crippen molar-refractivity contribution in [2.45, 2.75) is 65.0 Å². The molecule has 1 fully saturated rings. The molecule has 0 saturated heterocycles. The SMILES string of the molecule is CCn1c(CC2CCCCCC2)nc2cc(CN)ccc21. The monoisotopic (exact) mass is 285 g/mol. The number of imidazole rings is 1. The van der Waals surface area contributed by atoms with E-state index in [1.54, 1.807) is 0 Å². The standard InChI is InChI=1S/C18H27N3/c1-2-21-17-10-9-15(13-19)11-16(17)20-18(21)12-14-7-5-3-4-6-8-14/h9-11,14H,2-8,12-13,19H2,1H3. The normalized spacial score (nSPS) is 17.2. The van der Waals surface area contributed by atoms with Crippen molar-refractivity contribution in [2.75, 3.05) is 0 Å². The zero-order valence-electron chi connectivity index (χ0n) is 13.1. The van der Waals surface area contributed by atoms with Gasteiger partial charge in [-0.2, -0.15) is 0 Å². The van der Waals surface area contributed by atoms with Gasteiger partial charge in [-0.25, -0.2) is 4.98 Å². The molecule has 2 N–H and O–H groups in total. The van der Waals surface area contributed by atoms with Crippen LogP contribution in [0.4, 0.5) is 0 Å². The molecule has 0 atom stereocenters. The smallest absolute Gasteiger partial charge is 0.110 e. The molecule has 1 aromatic heterocycles. The molecule has 0 spiro atoms. The van der Waals surface area contributed by atoms with Crippen molar-refractivity contribution >= 4 is 11.0 Å². The first kappa shape index (κ1) is 14.6. The molecule has 1 saturated carbocycles. The third kappa shape index (κ3) is 3.13. The van der Waals surface area contributed by atoms with E-state index in [0.29, 0.717) is 6.54 Å². The van der Waals surface area contributed by atoms with Gasteiger partial charge in [0.2, 0.25) is 0 Å². The highest BCUT2D eigenvalue weighted by Crippen LogP contribution is 2.27. The van der Waals surface area contributed by atoms with Crippen molar-refractivity contribution in [1.82, 2.24) is 9.55 Å². The van der Waals surface area contributed by atoms with Crippen LogP contribution in [0, 0.1) is 5.92 Å². The van der Waals surface area contributed by atoms with Crippen molar-refractivity contribution in [3.63, 3.8) is 0 Å². The second-order valence-corrected chi connectivity index (χ2v) is 6.36. The van der Waals surface area contributed by atoms with Crippen LogP contribution in [0.3, 0.4) is 0 Å². The average molecular weight is 285 g/mol. The van der Waals surface area contributed by atoms with E-state index in [2.05, 4.69) is 29.7 Å². The van der Waals surface area contributed by atoms with Crippen molar-refractivity contribution in [3.8, 4) is 0 Å². The largest absolute Gasteiger partial charge is 0.328 e. The van der Waals surface area contributed by atoms with Gasteiger partial charge >= 0.3 is 0 Å². The summed E-state index contributed by atoms with van der Waals surface area (Å²) >= 11 is 0. The summed E-state index contributed by atoms with van der Waals surface area (Å²) in [5.74, 6) is 2.09. The van der Waals surface area contributed by atoms with Gasteiger partial charge in [0.25, 0.3) is 0 Å². The maximum absolute atomic E-state index is 5.75. The van der Waals surface area contributed by atoms with Crippen LogP contribution < -0.4 is 5.73 Å². The Morgan fingerprint density at radius 2 is 1.95 bits per heavy atom. The number of nitrogens with zero attached hydrogens (tertiary/aromatic N) is 2. The van der Waals surface area contributed by atoms with Gasteiger partial charge in [0.15, 0.2) is 0 Å². The van der Waals surface area contributed by atoms with Crippen LogP contribution in [0.1, 0.15) is 56.8 Å². The minimum Gasteiger partial charge on any atom is -0.328 e. The Kier molecular flexibility index (Phi) is 4.59. The van der Waals surface area contributed by atoms with E-state index < -0.39 is 0 Å². The second kappa shape index (κ2) is 6.61. The van der Waals surface area contributed by atoms with E-state index >= 15 is 0 Å². The van der Waals surface area contributed by atoms with Gasteiger partial charge in [-0.3, -0.25) is 0 Å². The maximum atomic E-state index is 5.75. The lowest BCUT2D eigenvalue weighted by Crippen LogP contribution is -2.09. The number of aryl methyl sites for hydroxylation is 1. The quantitative estimate of drug-likeness (QED) is 0.862. The summed E-state index contributed by atoms with van der Waals surface area (Å²) in [6.45, 7) is 3.81. The van der Waals surface area contributed by atoms with E-state index in [0.717, 1.165) is 24.4 Å². The van der Waals surface area contributed by atoms with Crippen molar-refractivity contribution < 1.29 is 0 Å². The summed E-state index contributed by atoms with van der Waals surface area (Å²) in [7, 11) is 0. The Bertz CT molecular complexity index is 592. The van der Waals surface area contributed by atoms with Crippen LogP contribution in [0.5, 0.6) is 0 Å². The summed E-state index contributed by atoms with van der Waals surface area (Å²) in [4.78, 5) is 4.92. The van der Waals surface area contributed by atoms with E-state index in [9.17, 15) is 0 Å². The molecule has 1 aliphatic rings. The first-order valence-electron chi connectivity index (χ1n) is 8.50. The number of nitrogens with two attached hydrogens (primary N) is 1. The highest BCUT2D eigenvalue weighted by Gasteiger charge is 2.17. The molecule has 0 aliphatic heterocycles. The molecule has 1 aliphatic carbocycles. The minimum atomic E-state index is 0.590. The van der Waals surface area contributed by atoms with E-state index in [4.69, 9.17) is 10.7 Å². The molecule has 1 aromatic carbocycles. The summed E-state index contributed by atoms with van der Waals surface area (Å²) in [5.41, 5.74) is 9.30. The van der Waals surface area contributed by atoms with Crippen LogP contribution in [0.2, 0.25) is 0 Å². The molecular weight excluding hydrogens is 258 g/mol. The molecular formula is C18H27N3. The Labute approximate surface area is 127 Å². The van der Waals surface area contributed by atoms with Gasteiger partial charge in [0, 0.05) is 19.5 Å². The van der Waals surface area contributed by atoms with Gasteiger partial charge < -0.3 is 10.3 Å². The van der Waals surface area contributed by atoms with E-state index in [1.165, 1.54) is 55.4 Å². The summed E-state index contributed by atoms with van der Waals surface area (Å²) < 4.78 is 2.39. The van der Waals surface area contributed by atoms with E-state index in [1.807, 2.05) is 0 Å². The van der Waals surface area contributed by atoms with Crippen molar-refractivity contribution in [3.05, 3.63) is 29.6 Å². The fraction of sp³-hybridized carbons (Fsp3) is 0.611. The predicted octanol–water partition coefficient (Wildman–Crippen LogP) is 4.03. The van der Waals surface area contributed by atoms with Gasteiger partial charge in [-0.1, -0.05) is 44.6 Å². The van der Waals surface area contributed by atoms with Crippen LogP contribution in [-0.2, 0) is 19.5 Å². The van der Waals surface area contributed by atoms with Crippen LogP contribution in [0.15, 0.2) is 18.2 Å². The number of fused-ring (bicyclic) bond motifs is 1. The topological polar surface area (TPSA) is 43.8 Å². The molecule has 3 heteroatoms. The van der Waals surface area contributed by atoms with Crippen LogP contribution in [0.25, 0.3) is 11.0 Å². The number of hydrogen-bond donors (Lipinski definition) is 1. The van der Waals surface area contributed by atoms with Crippen molar-refractivity contribution in [2.24, 2.45) is 11.7 Å².